The van der Waals surface area contributed by atoms with Crippen molar-refractivity contribution in [3.8, 4) is 28.1 Å². The van der Waals surface area contributed by atoms with Crippen LogP contribution in [0.4, 0.5) is 17.3 Å². The van der Waals surface area contributed by atoms with Gasteiger partial charge in [-0.15, -0.1) is 0 Å². The number of rotatable bonds is 5. The topological polar surface area (TPSA) is 33.3 Å². The standard InChI is InChI=1S/C24H26NO2.BF4/c1-27-20-13-11-18(12-14-20)22-17-24(19-7-3-2-4-8-19)25(15-16-26)23-10-6-5-9-21(22)23;2-1(3,4)5/h2-4,7-8,11-14,17,26H,5-6,9-10,15-16H2,1H3;/q+1;-1. The fourth-order valence-electron chi connectivity index (χ4n) is 4.16. The summed E-state index contributed by atoms with van der Waals surface area (Å²) in [6.45, 7) is 0.786. The van der Waals surface area contributed by atoms with Gasteiger partial charge in [-0.25, -0.2) is 0 Å². The van der Waals surface area contributed by atoms with Gasteiger partial charge < -0.3 is 27.1 Å². The molecule has 1 aromatic heterocycles. The summed E-state index contributed by atoms with van der Waals surface area (Å²) in [5, 5.41) is 9.70. The summed E-state index contributed by atoms with van der Waals surface area (Å²) >= 11 is 0. The van der Waals surface area contributed by atoms with Crippen LogP contribution in [0.15, 0.2) is 60.7 Å². The second kappa shape index (κ2) is 10.6. The first-order valence-electron chi connectivity index (χ1n) is 10.6. The van der Waals surface area contributed by atoms with Gasteiger partial charge in [-0.1, -0.05) is 30.3 Å². The molecule has 0 amide bonds. The SMILES string of the molecule is COc1ccc(-c2cc(-c3ccccc3)[n+](CCO)c3c2CCCC3)cc1.F[B-](F)(F)F. The molecule has 0 spiro atoms. The normalized spacial score (nSPS) is 13.1. The van der Waals surface area contributed by atoms with Gasteiger partial charge in [0.1, 0.15) is 12.4 Å². The molecule has 1 heterocycles. The third kappa shape index (κ3) is 6.10. The van der Waals surface area contributed by atoms with Crippen LogP contribution in [-0.4, -0.2) is 26.1 Å². The van der Waals surface area contributed by atoms with Crippen LogP contribution in [0.2, 0.25) is 0 Å². The smallest absolute Gasteiger partial charge is 0.497 e. The molecule has 0 atom stereocenters. The Bertz CT molecular complexity index is 1020. The molecule has 4 rings (SSSR count). The van der Waals surface area contributed by atoms with Gasteiger partial charge in [0.25, 0.3) is 0 Å². The Labute approximate surface area is 185 Å². The van der Waals surface area contributed by atoms with E-state index in [1.807, 2.05) is 18.2 Å². The first-order valence-corrected chi connectivity index (χ1v) is 10.6. The Kier molecular flexibility index (Phi) is 7.91. The van der Waals surface area contributed by atoms with E-state index in [1.54, 1.807) is 7.11 Å². The fourth-order valence-corrected chi connectivity index (χ4v) is 4.16. The van der Waals surface area contributed by atoms with Gasteiger partial charge in [-0.05, 0) is 54.7 Å². The van der Waals surface area contributed by atoms with E-state index in [-0.39, 0.29) is 6.61 Å². The Morgan fingerprint density at radius 3 is 2.12 bits per heavy atom. The molecule has 1 aliphatic carbocycles. The summed E-state index contributed by atoms with van der Waals surface area (Å²) in [6.07, 6.45) is 4.59. The van der Waals surface area contributed by atoms with Crippen molar-refractivity contribution < 1.29 is 31.7 Å². The number of aromatic nitrogens is 1. The van der Waals surface area contributed by atoms with Crippen molar-refractivity contribution in [2.75, 3.05) is 13.7 Å². The van der Waals surface area contributed by atoms with Crippen LogP contribution < -0.4 is 9.30 Å². The third-order valence-electron chi connectivity index (χ3n) is 5.46. The molecule has 0 unspecified atom stereocenters. The number of halogens is 4. The first kappa shape index (κ1) is 23.8. The van der Waals surface area contributed by atoms with E-state index in [9.17, 15) is 22.4 Å². The van der Waals surface area contributed by atoms with Crippen LogP contribution in [0.1, 0.15) is 24.1 Å². The van der Waals surface area contributed by atoms with Crippen molar-refractivity contribution in [2.24, 2.45) is 0 Å². The Morgan fingerprint density at radius 1 is 0.906 bits per heavy atom. The number of methoxy groups -OCH3 is 1. The number of hydrogen-bond acceptors (Lipinski definition) is 2. The minimum atomic E-state index is -6.00. The van der Waals surface area contributed by atoms with Gasteiger partial charge in [0.2, 0.25) is 5.69 Å². The highest BCUT2D eigenvalue weighted by Crippen LogP contribution is 2.34. The van der Waals surface area contributed by atoms with Crippen molar-refractivity contribution in [3.05, 3.63) is 71.9 Å². The zero-order valence-corrected chi connectivity index (χ0v) is 17.9. The predicted molar refractivity (Wildman–Crippen MR) is 118 cm³/mol. The van der Waals surface area contributed by atoms with E-state index in [0.29, 0.717) is 6.54 Å². The number of fused-ring (bicyclic) bond motifs is 1. The minimum absolute atomic E-state index is 0.152. The highest BCUT2D eigenvalue weighted by atomic mass is 19.5. The molecule has 0 radical (unpaired) electrons. The summed E-state index contributed by atoms with van der Waals surface area (Å²) in [5.74, 6) is 0.877. The monoisotopic (exact) mass is 447 g/mol. The van der Waals surface area contributed by atoms with E-state index in [2.05, 4.69) is 47.0 Å². The van der Waals surface area contributed by atoms with E-state index >= 15 is 0 Å². The molecular weight excluding hydrogens is 421 g/mol. The zero-order chi connectivity index (χ0) is 23.1. The number of hydrogen-bond donors (Lipinski definition) is 1. The summed E-state index contributed by atoms with van der Waals surface area (Å²) in [5.41, 5.74) is 7.70. The molecular formula is C24H26BF4NO2. The molecule has 1 aliphatic rings. The zero-order valence-electron chi connectivity index (χ0n) is 17.9. The maximum atomic E-state index is 9.75. The lowest BCUT2D eigenvalue weighted by atomic mass is 9.87. The highest BCUT2D eigenvalue weighted by molar-refractivity contribution is 6.50. The number of aliphatic hydroxyl groups excluding tert-OH is 1. The molecule has 0 bridgehead atoms. The fraction of sp³-hybridized carbons (Fsp3) is 0.292. The highest BCUT2D eigenvalue weighted by Gasteiger charge is 2.28. The number of ether oxygens (including phenoxy) is 1. The number of benzene rings is 2. The predicted octanol–water partition coefficient (Wildman–Crippen LogP) is 5.49. The average Bonchev–Trinajstić information content (AvgIpc) is 2.79. The lowest BCUT2D eigenvalue weighted by Crippen LogP contribution is -2.44. The average molecular weight is 447 g/mol. The minimum Gasteiger partial charge on any atom is -0.497 e. The van der Waals surface area contributed by atoms with Crippen LogP contribution in [-0.2, 0) is 19.4 Å². The number of nitrogens with zero attached hydrogens (tertiary/aromatic N) is 1. The molecule has 3 nitrogen and oxygen atoms in total. The van der Waals surface area contributed by atoms with Crippen molar-refractivity contribution >= 4 is 7.25 Å². The van der Waals surface area contributed by atoms with Crippen LogP contribution in [0.5, 0.6) is 5.75 Å². The quantitative estimate of drug-likeness (QED) is 0.319. The van der Waals surface area contributed by atoms with Gasteiger partial charge in [0.05, 0.1) is 7.11 Å². The summed E-state index contributed by atoms with van der Waals surface area (Å²) in [4.78, 5) is 0. The largest absolute Gasteiger partial charge is 0.673 e. The lowest BCUT2D eigenvalue weighted by Gasteiger charge is -2.20. The summed E-state index contributed by atoms with van der Waals surface area (Å²) in [6, 6.07) is 21.1. The number of pyridine rings is 1. The van der Waals surface area contributed by atoms with Gasteiger partial charge in [0.15, 0.2) is 12.2 Å². The van der Waals surface area contributed by atoms with Crippen molar-refractivity contribution in [3.63, 3.8) is 0 Å². The lowest BCUT2D eigenvalue weighted by molar-refractivity contribution is -0.695. The van der Waals surface area contributed by atoms with Crippen molar-refractivity contribution in [1.29, 1.82) is 0 Å². The van der Waals surface area contributed by atoms with E-state index in [1.165, 1.54) is 46.5 Å². The van der Waals surface area contributed by atoms with Crippen LogP contribution in [0, 0.1) is 0 Å². The molecule has 0 saturated heterocycles. The van der Waals surface area contributed by atoms with Gasteiger partial charge in [0, 0.05) is 23.6 Å². The molecule has 8 heteroatoms. The van der Waals surface area contributed by atoms with E-state index in [4.69, 9.17) is 4.74 Å². The van der Waals surface area contributed by atoms with Gasteiger partial charge >= 0.3 is 7.25 Å². The molecule has 0 aliphatic heterocycles. The molecule has 2 aromatic carbocycles. The van der Waals surface area contributed by atoms with Crippen LogP contribution in [0.3, 0.4) is 0 Å². The molecule has 0 saturated carbocycles. The Balaban J connectivity index is 0.000000523. The molecule has 170 valence electrons. The molecule has 0 fully saturated rings. The Hall–Kier alpha value is -2.87. The summed E-state index contributed by atoms with van der Waals surface area (Å²) < 4.78 is 46.7. The maximum Gasteiger partial charge on any atom is 0.673 e. The van der Waals surface area contributed by atoms with E-state index < -0.39 is 7.25 Å². The van der Waals surface area contributed by atoms with Crippen LogP contribution >= 0.6 is 0 Å². The van der Waals surface area contributed by atoms with Crippen molar-refractivity contribution in [2.45, 2.75) is 32.2 Å². The van der Waals surface area contributed by atoms with Gasteiger partial charge in [-0.2, -0.15) is 4.57 Å². The second-order valence-corrected chi connectivity index (χ2v) is 7.54. The van der Waals surface area contributed by atoms with Gasteiger partial charge in [-0.3, -0.25) is 0 Å². The van der Waals surface area contributed by atoms with Crippen molar-refractivity contribution in [1.82, 2.24) is 0 Å². The first-order chi connectivity index (χ1) is 15.3. The maximum absolute atomic E-state index is 9.75. The molecule has 32 heavy (non-hydrogen) atoms. The Morgan fingerprint density at radius 2 is 1.53 bits per heavy atom. The second-order valence-electron chi connectivity index (χ2n) is 7.54. The van der Waals surface area contributed by atoms with E-state index in [0.717, 1.165) is 18.6 Å². The molecule has 1 N–H and O–H groups in total. The third-order valence-corrected chi connectivity index (χ3v) is 5.46. The summed E-state index contributed by atoms with van der Waals surface area (Å²) in [7, 11) is -4.30. The van der Waals surface area contributed by atoms with Crippen LogP contribution in [0.25, 0.3) is 22.4 Å². The number of aliphatic hydroxyl groups is 1. The molecule has 3 aromatic rings.